The van der Waals surface area contributed by atoms with E-state index in [4.69, 9.17) is 12.2 Å². The maximum atomic E-state index is 12.3. The number of rotatable bonds is 4. The van der Waals surface area contributed by atoms with Crippen LogP contribution < -0.4 is 22.0 Å². The van der Waals surface area contributed by atoms with E-state index in [0.717, 1.165) is 14.8 Å². The van der Waals surface area contributed by atoms with E-state index in [0.29, 0.717) is 6.42 Å². The molecule has 1 heterocycles. The van der Waals surface area contributed by atoms with Crippen LogP contribution in [-0.2, 0) is 14.1 Å². The molecule has 132 valence electrons. The molecule has 0 spiro atoms. The summed E-state index contributed by atoms with van der Waals surface area (Å²) in [5, 5.41) is 17.5. The molecule has 0 aliphatic rings. The highest BCUT2D eigenvalue weighted by atomic mass is 32.1. The molecule has 0 aliphatic carbocycles. The topological polar surface area (TPSA) is 101 Å². The van der Waals surface area contributed by atoms with Crippen molar-refractivity contribution in [3.8, 4) is 5.88 Å². The van der Waals surface area contributed by atoms with Crippen LogP contribution in [0, 0.1) is 0 Å². The molecule has 0 amide bonds. The highest BCUT2D eigenvalue weighted by Crippen LogP contribution is 2.12. The molecule has 1 aromatic heterocycles. The predicted molar refractivity (Wildman–Crippen MR) is 101 cm³/mol. The largest absolute Gasteiger partial charge is 0.494 e. The van der Waals surface area contributed by atoms with Crippen LogP contribution in [0.2, 0.25) is 0 Å². The number of hydrogen-bond donors (Lipinski definition) is 3. The van der Waals surface area contributed by atoms with Gasteiger partial charge in [-0.3, -0.25) is 19.4 Å². The van der Waals surface area contributed by atoms with Crippen LogP contribution in [0.5, 0.6) is 5.88 Å². The van der Waals surface area contributed by atoms with Crippen LogP contribution in [-0.4, -0.2) is 25.1 Å². The normalized spacial score (nSPS) is 11.2. The zero-order chi connectivity index (χ0) is 18.6. The van der Waals surface area contributed by atoms with Crippen LogP contribution in [0.3, 0.4) is 0 Å². The summed E-state index contributed by atoms with van der Waals surface area (Å²) in [4.78, 5) is 24.2. The van der Waals surface area contributed by atoms with E-state index in [1.807, 2.05) is 30.3 Å². The minimum atomic E-state index is -0.620. The second-order valence-electron chi connectivity index (χ2n) is 5.25. The van der Waals surface area contributed by atoms with Gasteiger partial charge in [-0.25, -0.2) is 4.79 Å². The number of hydrogen-bond acceptors (Lipinski definition) is 5. The molecule has 0 aliphatic heterocycles. The summed E-state index contributed by atoms with van der Waals surface area (Å²) >= 11 is 5.16. The number of nitrogens with one attached hydrogen (secondary N) is 2. The summed E-state index contributed by atoms with van der Waals surface area (Å²) in [6.07, 6.45) is 0.349. The lowest BCUT2D eigenvalue weighted by Gasteiger charge is -2.12. The second kappa shape index (κ2) is 7.75. The van der Waals surface area contributed by atoms with Crippen molar-refractivity contribution in [1.82, 2.24) is 14.6 Å². The molecule has 0 atom stereocenters. The zero-order valence-electron chi connectivity index (χ0n) is 14.1. The Hall–Kier alpha value is -2.94. The number of anilines is 1. The van der Waals surface area contributed by atoms with E-state index >= 15 is 0 Å². The van der Waals surface area contributed by atoms with Gasteiger partial charge in [-0.05, 0) is 30.8 Å². The Morgan fingerprint density at radius 3 is 2.44 bits per heavy atom. The van der Waals surface area contributed by atoms with Gasteiger partial charge in [0.25, 0.3) is 5.56 Å². The first-order valence-electron chi connectivity index (χ1n) is 7.54. The van der Waals surface area contributed by atoms with Gasteiger partial charge in [0.2, 0.25) is 5.88 Å². The van der Waals surface area contributed by atoms with Crippen LogP contribution >= 0.6 is 12.2 Å². The molecule has 0 radical (unpaired) electrons. The van der Waals surface area contributed by atoms with Gasteiger partial charge in [-0.1, -0.05) is 25.1 Å². The fourth-order valence-corrected chi connectivity index (χ4v) is 2.36. The minimum Gasteiger partial charge on any atom is -0.494 e. The molecule has 2 aromatic rings. The van der Waals surface area contributed by atoms with Gasteiger partial charge < -0.3 is 10.4 Å². The van der Waals surface area contributed by atoms with E-state index < -0.39 is 17.1 Å². The Labute approximate surface area is 149 Å². The highest BCUT2D eigenvalue weighted by molar-refractivity contribution is 7.80. The van der Waals surface area contributed by atoms with Crippen molar-refractivity contribution in [2.75, 3.05) is 5.32 Å². The molecule has 1 aromatic carbocycles. The smallest absolute Gasteiger partial charge is 0.333 e. The van der Waals surface area contributed by atoms with Crippen molar-refractivity contribution >= 4 is 28.7 Å². The summed E-state index contributed by atoms with van der Waals surface area (Å²) in [6, 6.07) is 9.28. The average Bonchev–Trinajstić information content (AvgIpc) is 2.62. The number of hydrazone groups is 1. The lowest BCUT2D eigenvalue weighted by Crippen LogP contribution is -2.40. The summed E-state index contributed by atoms with van der Waals surface area (Å²) in [6.45, 7) is 1.78. The summed E-state index contributed by atoms with van der Waals surface area (Å²) < 4.78 is 1.91. The van der Waals surface area contributed by atoms with Gasteiger partial charge >= 0.3 is 5.69 Å². The molecule has 2 rings (SSSR count). The zero-order valence-corrected chi connectivity index (χ0v) is 14.9. The Morgan fingerprint density at radius 2 is 1.84 bits per heavy atom. The number of aromatic nitrogens is 2. The first kappa shape index (κ1) is 18.4. The number of aromatic hydroxyl groups is 1. The predicted octanol–water partition coefficient (Wildman–Crippen LogP) is 0.890. The van der Waals surface area contributed by atoms with Crippen molar-refractivity contribution < 1.29 is 5.11 Å². The first-order valence-corrected chi connectivity index (χ1v) is 7.95. The molecule has 25 heavy (non-hydrogen) atoms. The Bertz CT molecular complexity index is 931. The fraction of sp³-hybridized carbons (Fsp3) is 0.250. The molecular weight excluding hydrogens is 342 g/mol. The van der Waals surface area contributed by atoms with E-state index in [2.05, 4.69) is 15.8 Å². The van der Waals surface area contributed by atoms with Crippen molar-refractivity contribution in [2.45, 2.75) is 13.3 Å². The fourth-order valence-electron chi connectivity index (χ4n) is 2.20. The first-order chi connectivity index (χ1) is 11.9. The maximum absolute atomic E-state index is 12.3. The lowest BCUT2D eigenvalue weighted by atomic mass is 10.1. The van der Waals surface area contributed by atoms with Gasteiger partial charge in [0.15, 0.2) is 5.11 Å². The Kier molecular flexibility index (Phi) is 5.71. The van der Waals surface area contributed by atoms with E-state index in [1.54, 1.807) is 6.92 Å². The summed E-state index contributed by atoms with van der Waals surface area (Å²) in [5.41, 5.74) is 2.44. The third-order valence-corrected chi connectivity index (χ3v) is 3.77. The maximum Gasteiger partial charge on any atom is 0.333 e. The number of benzene rings is 1. The van der Waals surface area contributed by atoms with Gasteiger partial charge in [-0.15, -0.1) is 0 Å². The summed E-state index contributed by atoms with van der Waals surface area (Å²) in [5.74, 6) is -0.433. The average molecular weight is 361 g/mol. The Morgan fingerprint density at radius 1 is 1.20 bits per heavy atom. The summed E-state index contributed by atoms with van der Waals surface area (Å²) in [7, 11) is 2.72. The molecule has 3 N–H and O–H groups in total. The minimum absolute atomic E-state index is 0.0397. The van der Waals surface area contributed by atoms with Crippen LogP contribution in [0.1, 0.15) is 18.9 Å². The van der Waals surface area contributed by atoms with Crippen molar-refractivity contribution in [3.63, 3.8) is 0 Å². The van der Waals surface area contributed by atoms with Gasteiger partial charge in [0.1, 0.15) is 5.56 Å². The molecule has 0 unspecified atom stereocenters. The van der Waals surface area contributed by atoms with Crippen molar-refractivity contribution in [1.29, 1.82) is 0 Å². The standard InChI is InChI=1S/C16H19N5O3S/c1-4-11(12-13(22)20(2)16(24)21(3)14(12)23)18-19-15(25)17-10-8-6-5-7-9-10/h5-9,22H,4H2,1-3H3,(H2,17,19,25)/b18-11+. The second-order valence-corrected chi connectivity index (χ2v) is 5.66. The molecule has 8 nitrogen and oxygen atoms in total. The quantitative estimate of drug-likeness (QED) is 0.425. The van der Waals surface area contributed by atoms with E-state index in [9.17, 15) is 14.7 Å². The van der Waals surface area contributed by atoms with Crippen molar-refractivity contribution in [3.05, 3.63) is 56.7 Å². The third-order valence-electron chi connectivity index (χ3n) is 3.58. The van der Waals surface area contributed by atoms with Gasteiger partial charge in [0.05, 0.1) is 5.71 Å². The molecular formula is C16H19N5O3S. The van der Waals surface area contributed by atoms with Crippen LogP contribution in [0.15, 0.2) is 45.0 Å². The molecule has 9 heteroatoms. The third kappa shape index (κ3) is 3.94. The van der Waals surface area contributed by atoms with Gasteiger partial charge in [0, 0.05) is 19.8 Å². The van der Waals surface area contributed by atoms with Crippen LogP contribution in [0.25, 0.3) is 0 Å². The monoisotopic (exact) mass is 361 g/mol. The Balaban J connectivity index is 2.31. The lowest BCUT2D eigenvalue weighted by molar-refractivity contribution is 0.410. The molecule has 0 saturated carbocycles. The molecule has 0 saturated heterocycles. The highest BCUT2D eigenvalue weighted by Gasteiger charge is 2.19. The molecule has 0 fully saturated rings. The van der Waals surface area contributed by atoms with E-state index in [-0.39, 0.29) is 16.4 Å². The SMILES string of the molecule is CC/C(=N\NC(=S)Nc1ccccc1)c1c(O)n(C)c(=O)n(C)c1=O. The van der Waals surface area contributed by atoms with E-state index in [1.165, 1.54) is 14.1 Å². The van der Waals surface area contributed by atoms with Crippen LogP contribution in [0.4, 0.5) is 5.69 Å². The van der Waals surface area contributed by atoms with Crippen molar-refractivity contribution in [2.24, 2.45) is 19.2 Å². The van der Waals surface area contributed by atoms with Gasteiger partial charge in [-0.2, -0.15) is 5.10 Å². The number of thiocarbonyl (C=S) groups is 1. The molecule has 0 bridgehead atoms. The number of para-hydroxylation sites is 1. The number of nitrogens with zero attached hydrogens (tertiary/aromatic N) is 3.